The fourth-order valence-corrected chi connectivity index (χ4v) is 3.69. The number of carbonyl (C=O) groups is 1. The van der Waals surface area contributed by atoms with Crippen LogP contribution >= 0.6 is 11.3 Å². The van der Waals surface area contributed by atoms with Crippen molar-refractivity contribution in [3.05, 3.63) is 17.1 Å². The number of anilines is 1. The Hall–Kier alpha value is -1.73. The number of thiophene rings is 1. The number of aliphatic hydroxyl groups is 1. The Morgan fingerprint density at radius 2 is 2.45 bits per heavy atom. The third-order valence-electron chi connectivity index (χ3n) is 3.95. The molecule has 0 aromatic carbocycles. The predicted molar refractivity (Wildman–Crippen MR) is 77.5 cm³/mol. The monoisotopic (exact) mass is 292 g/mol. The van der Waals surface area contributed by atoms with Gasteiger partial charge >= 0.3 is 0 Å². The van der Waals surface area contributed by atoms with Crippen LogP contribution in [0.1, 0.15) is 23.0 Å². The highest BCUT2D eigenvalue weighted by Crippen LogP contribution is 2.34. The molecule has 0 radical (unpaired) electrons. The van der Waals surface area contributed by atoms with Gasteiger partial charge in [-0.3, -0.25) is 4.79 Å². The second-order valence-electron chi connectivity index (χ2n) is 5.11. The summed E-state index contributed by atoms with van der Waals surface area (Å²) in [6, 6.07) is 1.64. The normalized spacial score (nSPS) is 22.6. The van der Waals surface area contributed by atoms with Gasteiger partial charge in [0.1, 0.15) is 9.71 Å². The zero-order valence-electron chi connectivity index (χ0n) is 11.1. The average Bonchev–Trinajstić information content (AvgIpc) is 2.99. The Morgan fingerprint density at radius 3 is 3.15 bits per heavy atom. The SMILES string of the molecule is CC1CCN(C(=O)c2sc3nnccc3c2N)C1CO. The van der Waals surface area contributed by atoms with Crippen LogP contribution in [0.2, 0.25) is 0 Å². The molecule has 2 atom stereocenters. The van der Waals surface area contributed by atoms with Gasteiger partial charge in [-0.15, -0.1) is 16.4 Å². The van der Waals surface area contributed by atoms with Crippen molar-refractivity contribution in [2.24, 2.45) is 5.92 Å². The fourth-order valence-electron chi connectivity index (χ4n) is 2.70. The van der Waals surface area contributed by atoms with Crippen LogP contribution in [0.4, 0.5) is 5.69 Å². The molecule has 3 rings (SSSR count). The van der Waals surface area contributed by atoms with Crippen molar-refractivity contribution < 1.29 is 9.90 Å². The first-order valence-corrected chi connectivity index (χ1v) is 7.36. The second-order valence-corrected chi connectivity index (χ2v) is 6.11. The van der Waals surface area contributed by atoms with E-state index in [-0.39, 0.29) is 18.6 Å². The van der Waals surface area contributed by atoms with Crippen molar-refractivity contribution in [2.75, 3.05) is 18.9 Å². The van der Waals surface area contributed by atoms with Gasteiger partial charge < -0.3 is 15.7 Å². The van der Waals surface area contributed by atoms with Crippen LogP contribution in [0, 0.1) is 5.92 Å². The summed E-state index contributed by atoms with van der Waals surface area (Å²) in [5.41, 5.74) is 6.52. The summed E-state index contributed by atoms with van der Waals surface area (Å²) in [5, 5.41) is 18.0. The number of hydrogen-bond acceptors (Lipinski definition) is 6. The lowest BCUT2D eigenvalue weighted by Crippen LogP contribution is -2.39. The zero-order chi connectivity index (χ0) is 14.3. The number of nitrogens with two attached hydrogens (primary N) is 1. The van der Waals surface area contributed by atoms with Gasteiger partial charge in [-0.1, -0.05) is 6.92 Å². The lowest BCUT2D eigenvalue weighted by atomic mass is 10.0. The molecule has 0 bridgehead atoms. The van der Waals surface area contributed by atoms with Gasteiger partial charge in [0.25, 0.3) is 5.91 Å². The minimum absolute atomic E-state index is 0.0164. The molecule has 20 heavy (non-hydrogen) atoms. The minimum atomic E-state index is -0.127. The highest BCUT2D eigenvalue weighted by molar-refractivity contribution is 7.21. The number of nitrogens with zero attached hydrogens (tertiary/aromatic N) is 3. The van der Waals surface area contributed by atoms with Crippen molar-refractivity contribution in [1.29, 1.82) is 0 Å². The maximum Gasteiger partial charge on any atom is 0.266 e. The van der Waals surface area contributed by atoms with Gasteiger partial charge in [-0.25, -0.2) is 0 Å². The molecule has 3 heterocycles. The summed E-state index contributed by atoms with van der Waals surface area (Å²) in [7, 11) is 0. The molecule has 1 aliphatic heterocycles. The number of nitrogen functional groups attached to an aromatic ring is 1. The maximum atomic E-state index is 12.6. The van der Waals surface area contributed by atoms with Gasteiger partial charge in [0.2, 0.25) is 0 Å². The lowest BCUT2D eigenvalue weighted by molar-refractivity contribution is 0.0654. The molecule has 3 N–H and O–H groups in total. The number of aromatic nitrogens is 2. The number of carbonyl (C=O) groups excluding carboxylic acids is 1. The summed E-state index contributed by atoms with van der Waals surface area (Å²) in [6.07, 6.45) is 2.47. The second kappa shape index (κ2) is 4.99. The van der Waals surface area contributed by atoms with Crippen molar-refractivity contribution in [3.8, 4) is 0 Å². The molecule has 106 valence electrons. The van der Waals surface area contributed by atoms with E-state index in [1.165, 1.54) is 11.3 Å². The molecule has 2 unspecified atom stereocenters. The van der Waals surface area contributed by atoms with Crippen molar-refractivity contribution in [3.63, 3.8) is 0 Å². The van der Waals surface area contributed by atoms with E-state index in [0.29, 0.717) is 27.9 Å². The first-order valence-electron chi connectivity index (χ1n) is 6.55. The Morgan fingerprint density at radius 1 is 1.65 bits per heavy atom. The Bertz CT molecular complexity index is 657. The number of rotatable bonds is 2. The quantitative estimate of drug-likeness (QED) is 0.865. The van der Waals surface area contributed by atoms with Gasteiger partial charge in [0.15, 0.2) is 0 Å². The third kappa shape index (κ3) is 1.94. The maximum absolute atomic E-state index is 12.6. The summed E-state index contributed by atoms with van der Waals surface area (Å²) in [6.45, 7) is 2.69. The van der Waals surface area contributed by atoms with E-state index in [1.807, 2.05) is 6.92 Å². The largest absolute Gasteiger partial charge is 0.397 e. The molecule has 1 fully saturated rings. The summed E-state index contributed by atoms with van der Waals surface area (Å²) >= 11 is 1.26. The molecular formula is C13H16N4O2S. The standard InChI is InChI=1S/C13H16N4O2S/c1-7-3-5-17(9(7)6-18)13(19)11-10(14)8-2-4-15-16-12(8)20-11/h2,4,7,9,18H,3,5-6,14H2,1H3. The van der Waals surface area contributed by atoms with Crippen LogP contribution < -0.4 is 5.73 Å². The van der Waals surface area contributed by atoms with Crippen LogP contribution in [0.25, 0.3) is 10.2 Å². The van der Waals surface area contributed by atoms with E-state index in [2.05, 4.69) is 10.2 Å². The topological polar surface area (TPSA) is 92.3 Å². The minimum Gasteiger partial charge on any atom is -0.397 e. The molecule has 0 saturated carbocycles. The van der Waals surface area contributed by atoms with Gasteiger partial charge in [0, 0.05) is 11.9 Å². The molecule has 0 spiro atoms. The number of amides is 1. The number of likely N-dealkylation sites (tertiary alicyclic amines) is 1. The van der Waals surface area contributed by atoms with Crippen LogP contribution in [0.5, 0.6) is 0 Å². The number of fused-ring (bicyclic) bond motifs is 1. The number of aliphatic hydroxyl groups excluding tert-OH is 1. The Labute approximate surface area is 120 Å². The highest BCUT2D eigenvalue weighted by atomic mass is 32.1. The molecule has 7 heteroatoms. The fraction of sp³-hybridized carbons (Fsp3) is 0.462. The molecule has 1 saturated heterocycles. The molecule has 1 amide bonds. The predicted octanol–water partition coefficient (Wildman–Crippen LogP) is 1.12. The van der Waals surface area contributed by atoms with Gasteiger partial charge in [-0.05, 0) is 18.4 Å². The van der Waals surface area contributed by atoms with Crippen LogP contribution in [-0.2, 0) is 0 Å². The first kappa shape index (κ1) is 13.3. The van der Waals surface area contributed by atoms with E-state index in [4.69, 9.17) is 5.73 Å². The summed E-state index contributed by atoms with van der Waals surface area (Å²) in [5.74, 6) is 0.188. The van der Waals surface area contributed by atoms with E-state index in [9.17, 15) is 9.90 Å². The smallest absolute Gasteiger partial charge is 0.266 e. The van der Waals surface area contributed by atoms with Crippen LogP contribution in [0.15, 0.2) is 12.3 Å². The molecule has 0 aliphatic carbocycles. The Balaban J connectivity index is 1.99. The third-order valence-corrected chi connectivity index (χ3v) is 5.04. The van der Waals surface area contributed by atoms with Crippen molar-refractivity contribution in [2.45, 2.75) is 19.4 Å². The lowest BCUT2D eigenvalue weighted by Gasteiger charge is -2.24. The van der Waals surface area contributed by atoms with Gasteiger partial charge in [0.05, 0.1) is 24.5 Å². The van der Waals surface area contributed by atoms with E-state index < -0.39 is 0 Å². The average molecular weight is 292 g/mol. The van der Waals surface area contributed by atoms with Crippen molar-refractivity contribution in [1.82, 2.24) is 15.1 Å². The van der Waals surface area contributed by atoms with Crippen LogP contribution in [-0.4, -0.2) is 45.3 Å². The van der Waals surface area contributed by atoms with Gasteiger partial charge in [-0.2, -0.15) is 5.10 Å². The number of hydrogen-bond donors (Lipinski definition) is 2. The molecule has 6 nitrogen and oxygen atoms in total. The summed E-state index contributed by atoms with van der Waals surface area (Å²) in [4.78, 5) is 15.5. The molecule has 2 aromatic rings. The Kier molecular flexibility index (Phi) is 3.31. The van der Waals surface area contributed by atoms with E-state index in [0.717, 1.165) is 11.8 Å². The zero-order valence-corrected chi connectivity index (χ0v) is 11.9. The van der Waals surface area contributed by atoms with Crippen molar-refractivity contribution >= 4 is 33.1 Å². The first-order chi connectivity index (χ1) is 9.63. The van der Waals surface area contributed by atoms with E-state index in [1.54, 1.807) is 17.2 Å². The molecule has 2 aromatic heterocycles. The van der Waals surface area contributed by atoms with E-state index >= 15 is 0 Å². The highest BCUT2D eigenvalue weighted by Gasteiger charge is 2.35. The molecular weight excluding hydrogens is 276 g/mol. The molecule has 1 aliphatic rings. The van der Waals surface area contributed by atoms with Crippen LogP contribution in [0.3, 0.4) is 0 Å². The summed E-state index contributed by atoms with van der Waals surface area (Å²) < 4.78 is 0.